The Kier molecular flexibility index (Phi) is 4.29. The van der Waals surface area contributed by atoms with E-state index in [1.807, 2.05) is 30.4 Å². The first-order valence-corrected chi connectivity index (χ1v) is 6.86. The summed E-state index contributed by atoms with van der Waals surface area (Å²) >= 11 is 0. The van der Waals surface area contributed by atoms with E-state index in [9.17, 15) is 0 Å². The summed E-state index contributed by atoms with van der Waals surface area (Å²) in [6.07, 6.45) is 8.05. The average Bonchev–Trinajstić information content (AvgIpc) is 2.41. The molecule has 5 nitrogen and oxygen atoms in total. The Labute approximate surface area is 116 Å². The molecule has 5 heteroatoms. The third kappa shape index (κ3) is 3.59. The molecule has 0 unspecified atom stereocenters. The van der Waals surface area contributed by atoms with Gasteiger partial charge in [-0.05, 0) is 12.2 Å². The van der Waals surface area contributed by atoms with Crippen molar-refractivity contribution >= 4 is 0 Å². The van der Waals surface area contributed by atoms with E-state index >= 15 is 0 Å². The quantitative estimate of drug-likeness (QED) is 0.708. The molecule has 0 aromatic heterocycles. The predicted molar refractivity (Wildman–Crippen MR) is 78.7 cm³/mol. The fourth-order valence-electron chi connectivity index (χ4n) is 2.43. The highest BCUT2D eigenvalue weighted by molar-refractivity contribution is 5.31. The minimum Gasteiger partial charge on any atom is -0.399 e. The van der Waals surface area contributed by atoms with E-state index in [-0.39, 0.29) is 0 Å². The molecule has 2 rings (SSSR count). The number of rotatable bonds is 3. The zero-order chi connectivity index (χ0) is 13.9. The monoisotopic (exact) mass is 264 g/mol. The van der Waals surface area contributed by atoms with E-state index in [2.05, 4.69) is 30.5 Å². The van der Waals surface area contributed by atoms with Gasteiger partial charge in [0.25, 0.3) is 0 Å². The van der Waals surface area contributed by atoms with E-state index in [1.165, 1.54) is 13.1 Å². The molecule has 106 valence electrons. The predicted octanol–water partition coefficient (Wildman–Crippen LogP) is 0.0686. The van der Waals surface area contributed by atoms with Gasteiger partial charge < -0.3 is 10.2 Å². The van der Waals surface area contributed by atoms with Gasteiger partial charge in [0.2, 0.25) is 0 Å². The smallest absolute Gasteiger partial charge is 0.0912 e. The van der Waals surface area contributed by atoms with E-state index in [0.717, 1.165) is 35.5 Å². The fraction of sp³-hybridized carbons (Fsp3) is 0.571. The summed E-state index contributed by atoms with van der Waals surface area (Å²) < 4.78 is 1.11. The van der Waals surface area contributed by atoms with Gasteiger partial charge in [-0.15, -0.1) is 0 Å². The number of allylic oxidation sites excluding steroid dienone is 3. The van der Waals surface area contributed by atoms with Crippen molar-refractivity contribution in [2.24, 2.45) is 5.73 Å². The second-order valence-corrected chi connectivity index (χ2v) is 5.86. The van der Waals surface area contributed by atoms with Gasteiger partial charge in [0.1, 0.15) is 0 Å². The molecule has 0 saturated carbocycles. The number of nitrogens with two attached hydrogens (primary N) is 1. The first-order valence-electron chi connectivity index (χ1n) is 6.86. The van der Waals surface area contributed by atoms with Crippen LogP contribution in [0.2, 0.25) is 0 Å². The van der Waals surface area contributed by atoms with Crippen molar-refractivity contribution in [1.29, 1.82) is 0 Å². The number of hydrogen-bond acceptors (Lipinski definition) is 4. The lowest BCUT2D eigenvalue weighted by Gasteiger charge is -2.39. The van der Waals surface area contributed by atoms with Gasteiger partial charge in [0, 0.05) is 38.6 Å². The number of piperazine rings is 1. The van der Waals surface area contributed by atoms with Crippen molar-refractivity contribution in [2.45, 2.75) is 0 Å². The van der Waals surface area contributed by atoms with Gasteiger partial charge in [0.05, 0.1) is 32.9 Å². The van der Waals surface area contributed by atoms with Gasteiger partial charge in [-0.3, -0.25) is 9.91 Å². The van der Waals surface area contributed by atoms with Crippen molar-refractivity contribution in [3.05, 3.63) is 35.8 Å². The fourth-order valence-corrected chi connectivity index (χ4v) is 2.43. The zero-order valence-electron chi connectivity index (χ0n) is 12.3. The van der Waals surface area contributed by atoms with Crippen LogP contribution in [-0.4, -0.2) is 68.3 Å². The second kappa shape index (κ2) is 5.77. The molecule has 0 aromatic carbocycles. The molecule has 1 saturated heterocycles. The first kappa shape index (κ1) is 14.1. The molecule has 0 aliphatic carbocycles. The van der Waals surface area contributed by atoms with Crippen LogP contribution in [0.5, 0.6) is 0 Å². The standard InChI is InChI=1S/C14H26N5/c1-16-18-7-5-4-6-14(18)13(15)12-17-8-10-19(2,3)11-9-17/h4-7,16H,8-12,15H2,1-3H3/q+1/b14-13+. The van der Waals surface area contributed by atoms with Crippen molar-refractivity contribution in [3.63, 3.8) is 0 Å². The van der Waals surface area contributed by atoms with Crippen molar-refractivity contribution in [3.8, 4) is 0 Å². The Bertz CT molecular complexity index is 398. The van der Waals surface area contributed by atoms with Gasteiger partial charge in [-0.25, -0.2) is 5.43 Å². The molecular weight excluding hydrogens is 238 g/mol. The van der Waals surface area contributed by atoms with Crippen LogP contribution in [0.1, 0.15) is 0 Å². The summed E-state index contributed by atoms with van der Waals surface area (Å²) in [4.78, 5) is 2.44. The van der Waals surface area contributed by atoms with Crippen LogP contribution in [0.25, 0.3) is 0 Å². The van der Waals surface area contributed by atoms with E-state index < -0.39 is 0 Å². The molecule has 0 atom stereocenters. The average molecular weight is 264 g/mol. The Morgan fingerprint density at radius 1 is 1.32 bits per heavy atom. The second-order valence-electron chi connectivity index (χ2n) is 5.86. The minimum absolute atomic E-state index is 0.839. The third-order valence-corrected chi connectivity index (χ3v) is 3.87. The lowest BCUT2D eigenvalue weighted by Crippen LogP contribution is -2.55. The van der Waals surface area contributed by atoms with Crippen LogP contribution >= 0.6 is 0 Å². The number of hydrogen-bond donors (Lipinski definition) is 2. The number of nitrogens with one attached hydrogen (secondary N) is 1. The van der Waals surface area contributed by atoms with Crippen LogP contribution in [0.3, 0.4) is 0 Å². The van der Waals surface area contributed by atoms with Crippen LogP contribution in [0.15, 0.2) is 35.8 Å². The highest BCUT2D eigenvalue weighted by atomic mass is 15.5. The molecule has 1 fully saturated rings. The molecule has 0 aromatic rings. The van der Waals surface area contributed by atoms with Crippen LogP contribution in [0, 0.1) is 0 Å². The normalized spacial score (nSPS) is 25.7. The highest BCUT2D eigenvalue weighted by Gasteiger charge is 2.24. The summed E-state index contributed by atoms with van der Waals surface area (Å²) in [6.45, 7) is 5.44. The lowest BCUT2D eigenvalue weighted by molar-refractivity contribution is -0.894. The Morgan fingerprint density at radius 3 is 2.63 bits per heavy atom. The van der Waals surface area contributed by atoms with Crippen molar-refractivity contribution < 1.29 is 4.48 Å². The SMILES string of the molecule is CNN1C=CC=C/C1=C(\N)CN1CC[N+](C)(C)CC1. The summed E-state index contributed by atoms with van der Waals surface area (Å²) in [6, 6.07) is 0. The maximum atomic E-state index is 6.28. The van der Waals surface area contributed by atoms with E-state index in [1.54, 1.807) is 0 Å². The Balaban J connectivity index is 1.99. The van der Waals surface area contributed by atoms with Gasteiger partial charge in [-0.2, -0.15) is 0 Å². The zero-order valence-corrected chi connectivity index (χ0v) is 12.3. The van der Waals surface area contributed by atoms with Crippen LogP contribution < -0.4 is 11.2 Å². The summed E-state index contributed by atoms with van der Waals surface area (Å²) in [5.41, 5.74) is 11.4. The number of quaternary nitrogens is 1. The molecule has 0 amide bonds. The first-order chi connectivity index (χ1) is 9.02. The molecule has 0 radical (unpaired) electrons. The maximum absolute atomic E-state index is 6.28. The van der Waals surface area contributed by atoms with Gasteiger partial charge in [0.15, 0.2) is 0 Å². The number of likely N-dealkylation sites (N-methyl/N-ethyl adjacent to an activating group) is 1. The molecule has 19 heavy (non-hydrogen) atoms. The Morgan fingerprint density at radius 2 is 2.00 bits per heavy atom. The van der Waals surface area contributed by atoms with Crippen LogP contribution in [0.4, 0.5) is 0 Å². The summed E-state index contributed by atoms with van der Waals surface area (Å²) in [7, 11) is 6.48. The highest BCUT2D eigenvalue weighted by Crippen LogP contribution is 2.14. The van der Waals surface area contributed by atoms with E-state index in [0.29, 0.717) is 0 Å². The largest absolute Gasteiger partial charge is 0.399 e. The topological polar surface area (TPSA) is 44.5 Å². The van der Waals surface area contributed by atoms with Crippen molar-refractivity contribution in [1.82, 2.24) is 15.3 Å². The third-order valence-electron chi connectivity index (χ3n) is 3.87. The van der Waals surface area contributed by atoms with Crippen molar-refractivity contribution in [2.75, 3.05) is 53.9 Å². The van der Waals surface area contributed by atoms with E-state index in [4.69, 9.17) is 5.73 Å². The molecule has 0 bridgehead atoms. The minimum atomic E-state index is 0.839. The lowest BCUT2D eigenvalue weighted by atomic mass is 10.2. The maximum Gasteiger partial charge on any atom is 0.0912 e. The summed E-state index contributed by atoms with van der Waals surface area (Å²) in [5.74, 6) is 0. The summed E-state index contributed by atoms with van der Waals surface area (Å²) in [5, 5.41) is 1.96. The number of hydrazine groups is 1. The molecular formula is C14H26N5+. The molecule has 2 heterocycles. The van der Waals surface area contributed by atoms with Gasteiger partial charge >= 0.3 is 0 Å². The van der Waals surface area contributed by atoms with Crippen LogP contribution in [-0.2, 0) is 0 Å². The molecule has 0 spiro atoms. The molecule has 2 aliphatic rings. The Hall–Kier alpha value is -1.30. The van der Waals surface area contributed by atoms with Gasteiger partial charge in [-0.1, -0.05) is 6.08 Å². The number of nitrogens with zero attached hydrogens (tertiary/aromatic N) is 3. The molecule has 3 N–H and O–H groups in total. The molecule has 2 aliphatic heterocycles.